The molecular formula is C10H8FN3S. The second-order valence-electron chi connectivity index (χ2n) is 3.04. The predicted octanol–water partition coefficient (Wildman–Crippen LogP) is 2.53. The molecule has 1 heterocycles. The number of hydrogen-bond acceptors (Lipinski definition) is 3. The Kier molecular flexibility index (Phi) is 2.47. The van der Waals surface area contributed by atoms with Crippen LogP contribution in [0.15, 0.2) is 30.3 Å². The maximum absolute atomic E-state index is 13.0. The summed E-state index contributed by atoms with van der Waals surface area (Å²) in [6.45, 7) is 0. The molecule has 0 aliphatic heterocycles. The molecule has 0 spiro atoms. The van der Waals surface area contributed by atoms with Crippen molar-refractivity contribution in [3.05, 3.63) is 40.9 Å². The third kappa shape index (κ3) is 2.19. The van der Waals surface area contributed by atoms with Crippen molar-refractivity contribution in [3.63, 3.8) is 0 Å². The maximum Gasteiger partial charge on any atom is 0.199 e. The standard InChI is InChI=1S/C10H8FN3S/c11-7-3-1-2-6(4-7)8-5-9(12)14-10(15)13-8/h1-5H,(H3,12,13,14,15). The first kappa shape index (κ1) is 9.79. The Bertz CT molecular complexity index is 550. The molecule has 76 valence electrons. The van der Waals surface area contributed by atoms with Crippen molar-refractivity contribution in [2.24, 2.45) is 0 Å². The molecule has 0 radical (unpaired) electrons. The summed E-state index contributed by atoms with van der Waals surface area (Å²) < 4.78 is 13.3. The number of nitrogens with zero attached hydrogens (tertiary/aromatic N) is 1. The second-order valence-corrected chi connectivity index (χ2v) is 3.42. The van der Waals surface area contributed by atoms with Gasteiger partial charge in [-0.05, 0) is 24.4 Å². The van der Waals surface area contributed by atoms with Crippen LogP contribution in [0.3, 0.4) is 0 Å². The Balaban J connectivity index is 2.59. The van der Waals surface area contributed by atoms with E-state index in [-0.39, 0.29) is 10.6 Å². The number of benzene rings is 1. The third-order valence-corrected chi connectivity index (χ3v) is 2.09. The van der Waals surface area contributed by atoms with Gasteiger partial charge in [0.25, 0.3) is 0 Å². The normalized spacial score (nSPS) is 10.2. The van der Waals surface area contributed by atoms with E-state index in [1.807, 2.05) is 0 Å². The van der Waals surface area contributed by atoms with E-state index in [0.29, 0.717) is 17.1 Å². The zero-order chi connectivity index (χ0) is 10.8. The molecule has 0 saturated heterocycles. The number of nitrogen functional groups attached to an aromatic ring is 1. The van der Waals surface area contributed by atoms with Gasteiger partial charge in [0, 0.05) is 11.6 Å². The number of nitrogens with one attached hydrogen (secondary N) is 1. The van der Waals surface area contributed by atoms with Crippen molar-refractivity contribution in [2.75, 3.05) is 5.73 Å². The van der Waals surface area contributed by atoms with E-state index in [1.54, 1.807) is 18.2 Å². The van der Waals surface area contributed by atoms with Gasteiger partial charge in [-0.15, -0.1) is 0 Å². The number of anilines is 1. The molecule has 5 heteroatoms. The fraction of sp³-hybridized carbons (Fsp3) is 0. The van der Waals surface area contributed by atoms with Crippen molar-refractivity contribution in [1.82, 2.24) is 9.97 Å². The van der Waals surface area contributed by atoms with Gasteiger partial charge in [0.05, 0.1) is 5.69 Å². The first-order valence-electron chi connectivity index (χ1n) is 4.28. The number of rotatable bonds is 1. The molecular weight excluding hydrogens is 213 g/mol. The van der Waals surface area contributed by atoms with Gasteiger partial charge in [-0.2, -0.15) is 0 Å². The second kappa shape index (κ2) is 3.78. The summed E-state index contributed by atoms with van der Waals surface area (Å²) in [4.78, 5) is 6.67. The van der Waals surface area contributed by atoms with Crippen molar-refractivity contribution in [2.45, 2.75) is 0 Å². The van der Waals surface area contributed by atoms with Crippen LogP contribution in [0.2, 0.25) is 0 Å². The summed E-state index contributed by atoms with van der Waals surface area (Å²) >= 11 is 4.88. The summed E-state index contributed by atoms with van der Waals surface area (Å²) in [7, 11) is 0. The Morgan fingerprint density at radius 3 is 2.80 bits per heavy atom. The molecule has 2 aromatic rings. The van der Waals surface area contributed by atoms with Gasteiger partial charge in [-0.25, -0.2) is 9.37 Å². The Morgan fingerprint density at radius 1 is 1.33 bits per heavy atom. The quantitative estimate of drug-likeness (QED) is 0.727. The average molecular weight is 221 g/mol. The predicted molar refractivity (Wildman–Crippen MR) is 59.2 cm³/mol. The van der Waals surface area contributed by atoms with Crippen LogP contribution in [0.25, 0.3) is 11.3 Å². The van der Waals surface area contributed by atoms with Crippen molar-refractivity contribution in [3.8, 4) is 11.3 Å². The maximum atomic E-state index is 13.0. The summed E-state index contributed by atoms with van der Waals surface area (Å²) in [5, 5.41) is 0. The highest BCUT2D eigenvalue weighted by molar-refractivity contribution is 7.71. The molecule has 15 heavy (non-hydrogen) atoms. The molecule has 0 atom stereocenters. The number of nitrogens with two attached hydrogens (primary N) is 1. The molecule has 0 unspecified atom stereocenters. The van der Waals surface area contributed by atoms with E-state index >= 15 is 0 Å². The largest absolute Gasteiger partial charge is 0.384 e. The minimum atomic E-state index is -0.304. The molecule has 0 saturated carbocycles. The van der Waals surface area contributed by atoms with Crippen molar-refractivity contribution in [1.29, 1.82) is 0 Å². The third-order valence-electron chi connectivity index (χ3n) is 1.90. The Morgan fingerprint density at radius 2 is 2.13 bits per heavy atom. The summed E-state index contributed by atoms with van der Waals surface area (Å²) in [5.41, 5.74) is 6.89. The number of aromatic nitrogens is 2. The van der Waals surface area contributed by atoms with Crippen LogP contribution in [0, 0.1) is 10.6 Å². The molecule has 3 N–H and O–H groups in total. The topological polar surface area (TPSA) is 54.7 Å². The van der Waals surface area contributed by atoms with E-state index in [1.165, 1.54) is 12.1 Å². The number of hydrogen-bond donors (Lipinski definition) is 2. The highest BCUT2D eigenvalue weighted by Gasteiger charge is 2.00. The lowest BCUT2D eigenvalue weighted by molar-refractivity contribution is 0.628. The van der Waals surface area contributed by atoms with Crippen LogP contribution in [0.1, 0.15) is 0 Å². The van der Waals surface area contributed by atoms with Crippen LogP contribution in [-0.2, 0) is 0 Å². The molecule has 3 nitrogen and oxygen atoms in total. The molecule has 0 aliphatic carbocycles. The summed E-state index contributed by atoms with van der Waals surface area (Å²) in [6.07, 6.45) is 0. The molecule has 0 fully saturated rings. The Labute approximate surface area is 90.8 Å². The van der Waals surface area contributed by atoms with E-state index in [9.17, 15) is 4.39 Å². The van der Waals surface area contributed by atoms with Gasteiger partial charge < -0.3 is 10.7 Å². The average Bonchev–Trinajstić information content (AvgIpc) is 2.16. The fourth-order valence-electron chi connectivity index (χ4n) is 1.29. The first-order chi connectivity index (χ1) is 7.15. The van der Waals surface area contributed by atoms with Crippen molar-refractivity contribution < 1.29 is 4.39 Å². The monoisotopic (exact) mass is 221 g/mol. The molecule has 1 aromatic carbocycles. The zero-order valence-electron chi connectivity index (χ0n) is 7.70. The summed E-state index contributed by atoms with van der Waals surface area (Å²) in [5.74, 6) is 0.0141. The zero-order valence-corrected chi connectivity index (χ0v) is 8.51. The van der Waals surface area contributed by atoms with E-state index < -0.39 is 0 Å². The summed E-state index contributed by atoms with van der Waals surface area (Å²) in [6, 6.07) is 7.79. The highest BCUT2D eigenvalue weighted by atomic mass is 32.1. The molecule has 0 bridgehead atoms. The van der Waals surface area contributed by atoms with Crippen LogP contribution in [0.4, 0.5) is 10.2 Å². The number of H-pyrrole nitrogens is 1. The van der Waals surface area contributed by atoms with Crippen molar-refractivity contribution >= 4 is 18.0 Å². The van der Waals surface area contributed by atoms with Gasteiger partial charge >= 0.3 is 0 Å². The lowest BCUT2D eigenvalue weighted by atomic mass is 10.1. The number of halogens is 1. The lowest BCUT2D eigenvalue weighted by Crippen LogP contribution is -1.94. The van der Waals surface area contributed by atoms with Crippen LogP contribution in [0.5, 0.6) is 0 Å². The van der Waals surface area contributed by atoms with Gasteiger partial charge in [-0.3, -0.25) is 0 Å². The smallest absolute Gasteiger partial charge is 0.199 e. The van der Waals surface area contributed by atoms with Crippen LogP contribution in [-0.4, -0.2) is 9.97 Å². The van der Waals surface area contributed by atoms with Gasteiger partial charge in [0.1, 0.15) is 11.6 Å². The molecule has 0 aliphatic rings. The lowest BCUT2D eigenvalue weighted by Gasteiger charge is -2.02. The van der Waals surface area contributed by atoms with Crippen LogP contribution >= 0.6 is 12.2 Å². The minimum Gasteiger partial charge on any atom is -0.384 e. The molecule has 2 rings (SSSR count). The minimum absolute atomic E-state index is 0.286. The van der Waals surface area contributed by atoms with Gasteiger partial charge in [0.2, 0.25) is 0 Å². The van der Waals surface area contributed by atoms with Gasteiger partial charge in [0.15, 0.2) is 4.77 Å². The van der Waals surface area contributed by atoms with E-state index in [4.69, 9.17) is 18.0 Å². The molecule has 0 amide bonds. The van der Waals surface area contributed by atoms with Crippen LogP contribution < -0.4 is 5.73 Å². The van der Waals surface area contributed by atoms with E-state index in [2.05, 4.69) is 9.97 Å². The fourth-order valence-corrected chi connectivity index (χ4v) is 1.50. The van der Waals surface area contributed by atoms with Gasteiger partial charge in [-0.1, -0.05) is 12.1 Å². The number of aromatic amines is 1. The highest BCUT2D eigenvalue weighted by Crippen LogP contribution is 2.18. The molecule has 1 aromatic heterocycles. The first-order valence-corrected chi connectivity index (χ1v) is 4.69. The Hall–Kier alpha value is -1.75. The van der Waals surface area contributed by atoms with E-state index in [0.717, 1.165) is 0 Å². The SMILES string of the molecule is Nc1cc(-c2cccc(F)c2)[nH]c(=S)n1.